The maximum atomic E-state index is 9.87. The summed E-state index contributed by atoms with van der Waals surface area (Å²) in [6.45, 7) is 0. The molecule has 1 heterocycles. The number of aliphatic hydroxyl groups excluding tert-OH is 3. The summed E-state index contributed by atoms with van der Waals surface area (Å²) >= 11 is 2.86. The number of rotatable bonds is 2. The van der Waals surface area contributed by atoms with E-state index in [0.29, 0.717) is 11.3 Å². The number of thioether (sulfide) groups is 2. The van der Waals surface area contributed by atoms with Crippen LogP contribution in [0.5, 0.6) is 0 Å². The quantitative estimate of drug-likeness (QED) is 0.745. The lowest BCUT2D eigenvalue weighted by Gasteiger charge is -2.34. The first-order valence-electron chi connectivity index (χ1n) is 5.44. The first-order valence-corrected chi connectivity index (χ1v) is 7.37. The fourth-order valence-electron chi connectivity index (χ4n) is 1.63. The number of hydrogen-bond acceptors (Lipinski definition) is 6. The second kappa shape index (κ2) is 5.95. The molecule has 1 aromatic carbocycles. The summed E-state index contributed by atoms with van der Waals surface area (Å²) in [6, 6.07) is 9.10. The molecule has 0 aromatic heterocycles. The van der Waals surface area contributed by atoms with Gasteiger partial charge in [0.25, 0.3) is 0 Å². The topological polar surface area (TPSA) is 84.5 Å². The third-order valence-corrected chi connectivity index (χ3v) is 5.58. The van der Waals surface area contributed by atoms with Gasteiger partial charge in [-0.15, -0.1) is 23.5 Å². The van der Waals surface area contributed by atoms with E-state index in [2.05, 4.69) is 0 Å². The van der Waals surface area contributed by atoms with Crippen LogP contribution in [0.1, 0.15) is 5.56 Å². The molecular weight excluding hydrogens is 270 g/mol. The van der Waals surface area contributed by atoms with Gasteiger partial charge in [0.2, 0.25) is 0 Å². The maximum Gasteiger partial charge on any atom is 0.108 e. The van der Waals surface area contributed by atoms with Crippen molar-refractivity contribution < 1.29 is 15.3 Å². The highest BCUT2D eigenvalue weighted by Gasteiger charge is 2.37. The van der Waals surface area contributed by atoms with Crippen LogP contribution in [0, 0.1) is 11.3 Å². The Balaban J connectivity index is 2.02. The third kappa shape index (κ3) is 2.99. The summed E-state index contributed by atoms with van der Waals surface area (Å²) in [7, 11) is 0. The van der Waals surface area contributed by atoms with Crippen molar-refractivity contribution in [2.75, 3.05) is 5.75 Å². The van der Waals surface area contributed by atoms with Crippen molar-refractivity contribution in [3.05, 3.63) is 29.8 Å². The van der Waals surface area contributed by atoms with Crippen molar-refractivity contribution in [1.82, 2.24) is 0 Å². The van der Waals surface area contributed by atoms with Crippen LogP contribution >= 0.6 is 23.5 Å². The average molecular weight is 283 g/mol. The lowest BCUT2D eigenvalue weighted by molar-refractivity contribution is -0.0474. The van der Waals surface area contributed by atoms with Crippen LogP contribution in [0.2, 0.25) is 0 Å². The van der Waals surface area contributed by atoms with Crippen molar-refractivity contribution >= 4 is 23.5 Å². The van der Waals surface area contributed by atoms with Crippen molar-refractivity contribution in [2.45, 2.75) is 27.8 Å². The molecule has 4 atom stereocenters. The van der Waals surface area contributed by atoms with Gasteiger partial charge in [-0.2, -0.15) is 5.26 Å². The van der Waals surface area contributed by atoms with Gasteiger partial charge < -0.3 is 15.3 Å². The smallest absolute Gasteiger partial charge is 0.108 e. The Kier molecular flexibility index (Phi) is 4.54. The zero-order valence-corrected chi connectivity index (χ0v) is 11.1. The highest BCUT2D eigenvalue weighted by Crippen LogP contribution is 2.38. The van der Waals surface area contributed by atoms with E-state index < -0.39 is 18.3 Å². The van der Waals surface area contributed by atoms with Crippen molar-refractivity contribution in [2.24, 2.45) is 0 Å². The molecule has 18 heavy (non-hydrogen) atoms. The standard InChI is InChI=1S/C12H13NO3S2/c13-5-7-1-3-8(4-2-7)18-12-11(16)10(15)9(14)6-17-12/h1-4,9-12,14-16H,6H2/t9-,10+,11-,12-/m1/s1. The lowest BCUT2D eigenvalue weighted by atomic mass is 10.1. The fraction of sp³-hybridized carbons (Fsp3) is 0.417. The third-order valence-electron chi connectivity index (χ3n) is 2.69. The Morgan fingerprint density at radius 1 is 1.17 bits per heavy atom. The molecule has 0 saturated carbocycles. The van der Waals surface area contributed by atoms with Gasteiger partial charge in [0.05, 0.1) is 22.3 Å². The normalized spacial score (nSPS) is 31.9. The molecule has 0 unspecified atom stereocenters. The minimum Gasteiger partial charge on any atom is -0.389 e. The van der Waals surface area contributed by atoms with E-state index in [-0.39, 0.29) is 4.58 Å². The first kappa shape index (κ1) is 13.7. The summed E-state index contributed by atoms with van der Waals surface area (Å²) in [5.74, 6) is 0.409. The van der Waals surface area contributed by atoms with Gasteiger partial charge in [-0.1, -0.05) is 0 Å². The van der Waals surface area contributed by atoms with Crippen LogP contribution in [0.4, 0.5) is 0 Å². The van der Waals surface area contributed by atoms with Gasteiger partial charge >= 0.3 is 0 Å². The molecule has 1 aliphatic rings. The molecule has 6 heteroatoms. The van der Waals surface area contributed by atoms with E-state index in [1.807, 2.05) is 18.2 Å². The summed E-state index contributed by atoms with van der Waals surface area (Å²) in [6.07, 6.45) is -2.93. The Labute approximate surface area is 114 Å². The molecule has 0 radical (unpaired) electrons. The second-order valence-corrected chi connectivity index (χ2v) is 6.69. The van der Waals surface area contributed by atoms with Crippen molar-refractivity contribution in [3.8, 4) is 6.07 Å². The number of nitriles is 1. The van der Waals surface area contributed by atoms with E-state index in [0.717, 1.165) is 4.90 Å². The Morgan fingerprint density at radius 2 is 1.83 bits per heavy atom. The van der Waals surface area contributed by atoms with E-state index in [4.69, 9.17) is 5.26 Å². The van der Waals surface area contributed by atoms with Gasteiger partial charge in [0.1, 0.15) is 12.2 Å². The molecule has 3 N–H and O–H groups in total. The zero-order valence-electron chi connectivity index (χ0n) is 9.43. The van der Waals surface area contributed by atoms with Crippen molar-refractivity contribution in [3.63, 3.8) is 0 Å². The number of aliphatic hydroxyl groups is 3. The summed E-state index contributed by atoms with van der Waals surface area (Å²) in [4.78, 5) is 0.925. The molecule has 0 aliphatic carbocycles. The highest BCUT2D eigenvalue weighted by atomic mass is 32.2. The van der Waals surface area contributed by atoms with Crippen LogP contribution in [0.15, 0.2) is 29.2 Å². The molecule has 0 amide bonds. The van der Waals surface area contributed by atoms with Gasteiger partial charge in [-0.05, 0) is 24.3 Å². The van der Waals surface area contributed by atoms with Gasteiger partial charge in [0.15, 0.2) is 0 Å². The molecule has 1 fully saturated rings. The lowest BCUT2D eigenvalue weighted by Crippen LogP contribution is -2.47. The zero-order chi connectivity index (χ0) is 13.1. The van der Waals surface area contributed by atoms with E-state index in [1.165, 1.54) is 23.5 Å². The predicted octanol–water partition coefficient (Wildman–Crippen LogP) is 0.806. The van der Waals surface area contributed by atoms with Crippen LogP contribution in [0.25, 0.3) is 0 Å². The Morgan fingerprint density at radius 3 is 2.44 bits per heavy atom. The van der Waals surface area contributed by atoms with Gasteiger partial charge in [0, 0.05) is 10.6 Å². The molecule has 0 spiro atoms. The van der Waals surface area contributed by atoms with Crippen LogP contribution in [-0.2, 0) is 0 Å². The minimum atomic E-state index is -1.10. The average Bonchev–Trinajstić information content (AvgIpc) is 2.40. The summed E-state index contributed by atoms with van der Waals surface area (Å²) in [5.41, 5.74) is 0.589. The summed E-state index contributed by atoms with van der Waals surface area (Å²) < 4.78 is -0.212. The van der Waals surface area contributed by atoms with E-state index >= 15 is 0 Å². The highest BCUT2D eigenvalue weighted by molar-refractivity contribution is 8.17. The van der Waals surface area contributed by atoms with Gasteiger partial charge in [-0.3, -0.25) is 0 Å². The van der Waals surface area contributed by atoms with Gasteiger partial charge in [-0.25, -0.2) is 0 Å². The second-order valence-electron chi connectivity index (χ2n) is 4.00. The molecule has 2 rings (SSSR count). The van der Waals surface area contributed by atoms with Crippen molar-refractivity contribution in [1.29, 1.82) is 5.26 Å². The summed E-state index contributed by atoms with van der Waals surface area (Å²) in [5, 5.41) is 37.6. The molecule has 1 aromatic rings. The largest absolute Gasteiger partial charge is 0.389 e. The Bertz CT molecular complexity index is 446. The van der Waals surface area contributed by atoms with E-state index in [1.54, 1.807) is 12.1 Å². The number of benzene rings is 1. The molecule has 1 aliphatic heterocycles. The van der Waals surface area contributed by atoms with E-state index in [9.17, 15) is 15.3 Å². The van der Waals surface area contributed by atoms with Crippen LogP contribution in [-0.4, -0.2) is 44.0 Å². The number of nitrogens with zero attached hydrogens (tertiary/aromatic N) is 1. The molecular formula is C12H13NO3S2. The Hall–Kier alpha value is -0.710. The van der Waals surface area contributed by atoms with Crippen LogP contribution < -0.4 is 0 Å². The molecule has 4 nitrogen and oxygen atoms in total. The maximum absolute atomic E-state index is 9.87. The molecule has 96 valence electrons. The predicted molar refractivity (Wildman–Crippen MR) is 71.3 cm³/mol. The van der Waals surface area contributed by atoms with Crippen LogP contribution in [0.3, 0.4) is 0 Å². The molecule has 0 bridgehead atoms. The minimum absolute atomic E-state index is 0.212. The fourth-order valence-corrected chi connectivity index (χ4v) is 4.27. The first-order chi connectivity index (χ1) is 8.61. The monoisotopic (exact) mass is 283 g/mol. The number of hydrogen-bond donors (Lipinski definition) is 3. The molecule has 1 saturated heterocycles. The SMILES string of the molecule is N#Cc1ccc(S[C@H]2SC[C@@H](O)[C@H](O)[C@H]2O)cc1.